The normalized spacial score (nSPS) is 13.2. The predicted octanol–water partition coefficient (Wildman–Crippen LogP) is 3.79. The Morgan fingerprint density at radius 3 is 2.09 bits per heavy atom. The molecule has 0 amide bonds. The summed E-state index contributed by atoms with van der Waals surface area (Å²) in [6.45, 7) is 1.52. The van der Waals surface area contributed by atoms with Crippen LogP contribution in [0.4, 0.5) is 5.69 Å². The van der Waals surface area contributed by atoms with Gasteiger partial charge in [-0.2, -0.15) is 0 Å². The van der Waals surface area contributed by atoms with Gasteiger partial charge in [0.1, 0.15) is 17.6 Å². The molecule has 0 saturated carbocycles. The van der Waals surface area contributed by atoms with E-state index in [1.807, 2.05) is 43.3 Å². The van der Waals surface area contributed by atoms with E-state index >= 15 is 0 Å². The summed E-state index contributed by atoms with van der Waals surface area (Å²) >= 11 is 0. The lowest BCUT2D eigenvalue weighted by Gasteiger charge is -2.23. The second-order valence-corrected chi connectivity index (χ2v) is 8.16. The maximum Gasteiger partial charge on any atom is 0.310 e. The molecule has 0 aliphatic heterocycles. The van der Waals surface area contributed by atoms with E-state index in [-0.39, 0.29) is 34.2 Å². The van der Waals surface area contributed by atoms with Gasteiger partial charge in [-0.25, -0.2) is 0 Å². The standard InChI is InChI=1S/C26H23NO6/c1-14(33-21(29)12-15-8-10-16(11-9-15)27(2)3)19-13-20(28)22-23(26(19)32)25(31)18-7-5-4-6-17(18)24(22)30/h4-11,13-14,28,32H,12H2,1-3H3. The van der Waals surface area contributed by atoms with E-state index in [1.54, 1.807) is 12.1 Å². The molecule has 168 valence electrons. The number of anilines is 1. The number of carbonyl (C=O) groups excluding carboxylic acids is 3. The zero-order chi connectivity index (χ0) is 23.9. The Balaban J connectivity index is 1.59. The maximum absolute atomic E-state index is 13.0. The molecule has 7 nitrogen and oxygen atoms in total. The monoisotopic (exact) mass is 445 g/mol. The highest BCUT2D eigenvalue weighted by Gasteiger charge is 2.36. The molecular weight excluding hydrogens is 422 g/mol. The summed E-state index contributed by atoms with van der Waals surface area (Å²) in [5, 5.41) is 21.4. The Hall–Kier alpha value is -4.13. The van der Waals surface area contributed by atoms with Crippen LogP contribution in [0.3, 0.4) is 0 Å². The van der Waals surface area contributed by atoms with E-state index in [0.29, 0.717) is 0 Å². The van der Waals surface area contributed by atoms with Gasteiger partial charge in [0, 0.05) is 36.5 Å². The molecule has 7 heteroatoms. The van der Waals surface area contributed by atoms with Crippen molar-refractivity contribution >= 4 is 23.2 Å². The minimum absolute atomic E-state index is 0.0144. The lowest BCUT2D eigenvalue weighted by molar-refractivity contribution is -0.147. The molecule has 0 spiro atoms. The molecule has 4 rings (SSSR count). The number of aromatic hydroxyl groups is 2. The largest absolute Gasteiger partial charge is 0.507 e. The Morgan fingerprint density at radius 1 is 0.939 bits per heavy atom. The molecule has 1 atom stereocenters. The third-order valence-corrected chi connectivity index (χ3v) is 5.73. The van der Waals surface area contributed by atoms with Crippen LogP contribution in [0.15, 0.2) is 54.6 Å². The van der Waals surface area contributed by atoms with Crippen molar-refractivity contribution in [3.8, 4) is 11.5 Å². The Morgan fingerprint density at radius 2 is 1.52 bits per heavy atom. The predicted molar refractivity (Wildman–Crippen MR) is 122 cm³/mol. The van der Waals surface area contributed by atoms with Crippen molar-refractivity contribution in [1.29, 1.82) is 0 Å². The number of ketones is 2. The molecule has 3 aromatic rings. The van der Waals surface area contributed by atoms with Gasteiger partial charge < -0.3 is 19.8 Å². The van der Waals surface area contributed by atoms with Gasteiger partial charge in [-0.1, -0.05) is 36.4 Å². The molecule has 0 heterocycles. The van der Waals surface area contributed by atoms with Gasteiger partial charge >= 0.3 is 5.97 Å². The third kappa shape index (κ3) is 3.93. The highest BCUT2D eigenvalue weighted by Crippen LogP contribution is 2.42. The Kier molecular flexibility index (Phi) is 5.64. The van der Waals surface area contributed by atoms with Crippen LogP contribution < -0.4 is 4.90 Å². The van der Waals surface area contributed by atoms with Crippen molar-refractivity contribution in [3.05, 3.63) is 88.0 Å². The molecular formula is C26H23NO6. The van der Waals surface area contributed by atoms with Gasteiger partial charge in [0.25, 0.3) is 0 Å². The third-order valence-electron chi connectivity index (χ3n) is 5.73. The number of nitrogens with zero attached hydrogens (tertiary/aromatic N) is 1. The minimum Gasteiger partial charge on any atom is -0.507 e. The SMILES string of the molecule is CC(OC(=O)Cc1ccc(N(C)C)cc1)c1cc(O)c2c(c1O)C(=O)c1ccccc1C2=O. The average molecular weight is 445 g/mol. The van der Waals surface area contributed by atoms with Crippen molar-refractivity contribution in [1.82, 2.24) is 0 Å². The van der Waals surface area contributed by atoms with Gasteiger partial charge in [0.15, 0.2) is 11.6 Å². The highest BCUT2D eigenvalue weighted by molar-refractivity contribution is 6.30. The summed E-state index contributed by atoms with van der Waals surface area (Å²) in [6.07, 6.45) is -0.949. The first-order valence-corrected chi connectivity index (χ1v) is 10.4. The zero-order valence-corrected chi connectivity index (χ0v) is 18.5. The molecule has 1 aliphatic rings. The lowest BCUT2D eigenvalue weighted by Crippen LogP contribution is -2.22. The molecule has 2 N–H and O–H groups in total. The molecule has 1 unspecified atom stereocenters. The molecule has 0 aromatic heterocycles. The second kappa shape index (κ2) is 8.43. The number of phenolic OH excluding ortho intramolecular Hbond substituents is 2. The fraction of sp³-hybridized carbons (Fsp3) is 0.192. The average Bonchev–Trinajstić information content (AvgIpc) is 2.78. The first-order valence-electron chi connectivity index (χ1n) is 10.4. The topological polar surface area (TPSA) is 104 Å². The van der Waals surface area contributed by atoms with Gasteiger partial charge in [0.05, 0.1) is 17.5 Å². The van der Waals surface area contributed by atoms with E-state index < -0.39 is 35.1 Å². The van der Waals surface area contributed by atoms with Crippen LogP contribution in [0, 0.1) is 0 Å². The number of esters is 1. The van der Waals surface area contributed by atoms with Crippen LogP contribution in [0.1, 0.15) is 56.0 Å². The van der Waals surface area contributed by atoms with E-state index in [0.717, 1.165) is 17.3 Å². The van der Waals surface area contributed by atoms with Gasteiger partial charge in [-0.3, -0.25) is 14.4 Å². The van der Waals surface area contributed by atoms with Crippen LogP contribution in [0.25, 0.3) is 0 Å². The number of ether oxygens (including phenoxy) is 1. The fourth-order valence-electron chi connectivity index (χ4n) is 3.97. The lowest BCUT2D eigenvalue weighted by atomic mass is 9.81. The van der Waals surface area contributed by atoms with Crippen molar-refractivity contribution in [3.63, 3.8) is 0 Å². The zero-order valence-electron chi connectivity index (χ0n) is 18.5. The summed E-state index contributed by atoms with van der Waals surface area (Å²) in [5.74, 6) is -2.59. The molecule has 3 aromatic carbocycles. The fourth-order valence-corrected chi connectivity index (χ4v) is 3.97. The van der Waals surface area contributed by atoms with Crippen LogP contribution in [-0.4, -0.2) is 41.8 Å². The number of rotatable bonds is 5. The molecule has 33 heavy (non-hydrogen) atoms. The number of phenols is 2. The Labute approximate surface area is 190 Å². The summed E-state index contributed by atoms with van der Waals surface area (Å²) in [6, 6.07) is 14.8. The number of benzene rings is 3. The molecule has 0 fully saturated rings. The van der Waals surface area contributed by atoms with Crippen molar-refractivity contribution in [2.24, 2.45) is 0 Å². The summed E-state index contributed by atoms with van der Waals surface area (Å²) < 4.78 is 5.46. The van der Waals surface area contributed by atoms with Crippen molar-refractivity contribution < 1.29 is 29.3 Å². The summed E-state index contributed by atoms with van der Waals surface area (Å²) in [5.41, 5.74) is 1.58. The first kappa shape index (κ1) is 22.1. The van der Waals surface area contributed by atoms with Crippen molar-refractivity contribution in [2.45, 2.75) is 19.4 Å². The summed E-state index contributed by atoms with van der Waals surface area (Å²) in [4.78, 5) is 40.3. The quantitative estimate of drug-likeness (QED) is 0.356. The highest BCUT2D eigenvalue weighted by atomic mass is 16.5. The number of hydrogen-bond acceptors (Lipinski definition) is 7. The smallest absolute Gasteiger partial charge is 0.310 e. The molecule has 0 saturated heterocycles. The van der Waals surface area contributed by atoms with Gasteiger partial charge in [-0.05, 0) is 30.7 Å². The van der Waals surface area contributed by atoms with Crippen LogP contribution in [0.2, 0.25) is 0 Å². The van der Waals surface area contributed by atoms with Gasteiger partial charge in [-0.15, -0.1) is 0 Å². The van der Waals surface area contributed by atoms with E-state index in [4.69, 9.17) is 4.74 Å². The number of carbonyl (C=O) groups is 3. The number of hydrogen-bond donors (Lipinski definition) is 2. The second-order valence-electron chi connectivity index (χ2n) is 8.16. The van der Waals surface area contributed by atoms with Crippen LogP contribution in [0.5, 0.6) is 11.5 Å². The van der Waals surface area contributed by atoms with E-state index in [9.17, 15) is 24.6 Å². The molecule has 1 aliphatic carbocycles. The molecule has 0 radical (unpaired) electrons. The van der Waals surface area contributed by atoms with Crippen LogP contribution >= 0.6 is 0 Å². The van der Waals surface area contributed by atoms with E-state index in [1.165, 1.54) is 19.1 Å². The van der Waals surface area contributed by atoms with Crippen LogP contribution in [-0.2, 0) is 16.0 Å². The molecule has 0 bridgehead atoms. The number of fused-ring (bicyclic) bond motifs is 2. The van der Waals surface area contributed by atoms with Crippen molar-refractivity contribution in [2.75, 3.05) is 19.0 Å². The Bertz CT molecular complexity index is 1280. The minimum atomic E-state index is -0.963. The maximum atomic E-state index is 13.0. The summed E-state index contributed by atoms with van der Waals surface area (Å²) in [7, 11) is 3.84. The van der Waals surface area contributed by atoms with Gasteiger partial charge in [0.2, 0.25) is 0 Å². The van der Waals surface area contributed by atoms with E-state index in [2.05, 4.69) is 0 Å². The first-order chi connectivity index (χ1) is 15.7.